The molecule has 7 nitrogen and oxygen atoms in total. The van der Waals surface area contributed by atoms with Crippen LogP contribution in [0.5, 0.6) is 11.6 Å². The summed E-state index contributed by atoms with van der Waals surface area (Å²) in [4.78, 5) is 24.5. The SMILES string of the molecule is COc1ccc2cn(C[C@@]3(C#Cc4ccc(SC(F)(F)F)cc4)NC(=O)NC3=O)c(O)c2c1. The average Bonchev–Trinajstić information content (AvgIpc) is 3.21. The van der Waals surface area contributed by atoms with E-state index in [2.05, 4.69) is 22.5 Å². The van der Waals surface area contributed by atoms with E-state index >= 15 is 0 Å². The Morgan fingerprint density at radius 3 is 2.52 bits per heavy atom. The van der Waals surface area contributed by atoms with E-state index in [9.17, 15) is 27.9 Å². The van der Waals surface area contributed by atoms with Crippen LogP contribution in [0, 0.1) is 11.8 Å². The van der Waals surface area contributed by atoms with Crippen LogP contribution in [0.25, 0.3) is 10.8 Å². The van der Waals surface area contributed by atoms with E-state index in [4.69, 9.17) is 4.74 Å². The van der Waals surface area contributed by atoms with Gasteiger partial charge in [-0.15, -0.1) is 0 Å². The van der Waals surface area contributed by atoms with Crippen molar-refractivity contribution in [3.8, 4) is 23.5 Å². The summed E-state index contributed by atoms with van der Waals surface area (Å²) < 4.78 is 44.1. The van der Waals surface area contributed by atoms with Crippen molar-refractivity contribution in [2.75, 3.05) is 7.11 Å². The van der Waals surface area contributed by atoms with Crippen LogP contribution < -0.4 is 15.4 Å². The number of methoxy groups -OCH3 is 1. The minimum atomic E-state index is -4.41. The van der Waals surface area contributed by atoms with Crippen LogP contribution >= 0.6 is 11.8 Å². The molecule has 1 saturated heterocycles. The van der Waals surface area contributed by atoms with Crippen molar-refractivity contribution in [3.63, 3.8) is 0 Å². The summed E-state index contributed by atoms with van der Waals surface area (Å²) in [7, 11) is 1.49. The molecule has 1 aromatic heterocycles. The van der Waals surface area contributed by atoms with Crippen molar-refractivity contribution in [1.29, 1.82) is 0 Å². The summed E-state index contributed by atoms with van der Waals surface area (Å²) in [5.41, 5.74) is -5.76. The third kappa shape index (κ3) is 4.70. The van der Waals surface area contributed by atoms with Crippen molar-refractivity contribution in [2.45, 2.75) is 22.5 Å². The van der Waals surface area contributed by atoms with Gasteiger partial charge >= 0.3 is 11.5 Å². The molecule has 4 rings (SSSR count). The topological polar surface area (TPSA) is 92.6 Å². The number of hydrogen-bond acceptors (Lipinski definition) is 5. The Hall–Kier alpha value is -3.78. The molecule has 0 saturated carbocycles. The number of halogens is 3. The van der Waals surface area contributed by atoms with E-state index in [0.29, 0.717) is 22.1 Å². The molecule has 3 N–H and O–H groups in total. The Morgan fingerprint density at radius 2 is 1.91 bits per heavy atom. The molecule has 0 spiro atoms. The molecule has 0 bridgehead atoms. The third-order valence-corrected chi connectivity index (χ3v) is 5.66. The molecular weight excluding hydrogens is 459 g/mol. The monoisotopic (exact) mass is 475 g/mol. The number of carbonyl (C=O) groups excluding carboxylic acids is 2. The molecule has 1 aliphatic rings. The smallest absolute Gasteiger partial charge is 0.446 e. The van der Waals surface area contributed by atoms with Gasteiger partial charge in [0.25, 0.3) is 5.91 Å². The van der Waals surface area contributed by atoms with Gasteiger partial charge in [0.1, 0.15) is 5.75 Å². The number of aromatic nitrogens is 1. The number of ether oxygens (including phenoxy) is 1. The van der Waals surface area contributed by atoms with E-state index in [1.807, 2.05) is 0 Å². The molecule has 170 valence electrons. The number of benzene rings is 2. The minimum Gasteiger partial charge on any atom is -0.497 e. The standard InChI is InChI=1S/C22H16F3N3O4S/c1-32-15-5-4-14-11-28(18(29)17(14)10-15)12-21(19(30)26-20(31)27-21)9-8-13-2-6-16(7-3-13)33-22(23,24)25/h2-7,10-11,29H,12H2,1H3,(H2,26,27,30,31)/t21-/m1/s1. The highest BCUT2D eigenvalue weighted by Gasteiger charge is 2.46. The molecule has 0 unspecified atom stereocenters. The van der Waals surface area contributed by atoms with Gasteiger partial charge in [0.2, 0.25) is 5.54 Å². The van der Waals surface area contributed by atoms with Gasteiger partial charge in [0.05, 0.1) is 13.7 Å². The molecule has 2 aromatic carbocycles. The zero-order chi connectivity index (χ0) is 23.8. The first kappa shape index (κ1) is 22.4. The first-order chi connectivity index (χ1) is 15.6. The number of imide groups is 1. The van der Waals surface area contributed by atoms with Gasteiger partial charge in [-0.05, 0) is 54.2 Å². The molecule has 1 atom stereocenters. The van der Waals surface area contributed by atoms with Gasteiger partial charge in [-0.1, -0.05) is 11.8 Å². The molecule has 1 fully saturated rings. The largest absolute Gasteiger partial charge is 0.497 e. The number of nitrogens with zero attached hydrogens (tertiary/aromatic N) is 1. The number of hydrogen-bond donors (Lipinski definition) is 3. The van der Waals surface area contributed by atoms with Crippen LogP contribution in [0.1, 0.15) is 5.56 Å². The molecule has 3 aromatic rings. The normalized spacial score (nSPS) is 17.9. The van der Waals surface area contributed by atoms with E-state index in [1.165, 1.54) is 35.9 Å². The number of amides is 3. The molecule has 33 heavy (non-hydrogen) atoms. The highest BCUT2D eigenvalue weighted by molar-refractivity contribution is 8.00. The van der Waals surface area contributed by atoms with Crippen LogP contribution in [0.2, 0.25) is 0 Å². The molecule has 0 aliphatic carbocycles. The number of nitrogens with one attached hydrogen (secondary N) is 2. The number of aromatic hydroxyl groups is 1. The van der Waals surface area contributed by atoms with Crippen LogP contribution in [0.3, 0.4) is 0 Å². The zero-order valence-corrected chi connectivity index (χ0v) is 17.8. The quantitative estimate of drug-likeness (QED) is 0.305. The lowest BCUT2D eigenvalue weighted by molar-refractivity contribution is -0.122. The van der Waals surface area contributed by atoms with Crippen molar-refractivity contribution in [1.82, 2.24) is 15.2 Å². The lowest BCUT2D eigenvalue weighted by Crippen LogP contribution is -2.49. The predicted molar refractivity (Wildman–Crippen MR) is 115 cm³/mol. The fraction of sp³-hybridized carbons (Fsp3) is 0.182. The van der Waals surface area contributed by atoms with E-state index in [1.54, 1.807) is 24.4 Å². The fourth-order valence-electron chi connectivity index (χ4n) is 3.38. The molecule has 1 aliphatic heterocycles. The number of urea groups is 1. The maximum atomic E-state index is 12.6. The van der Waals surface area contributed by atoms with E-state index < -0.39 is 23.0 Å². The number of fused-ring (bicyclic) bond motifs is 1. The van der Waals surface area contributed by atoms with E-state index in [-0.39, 0.29) is 29.1 Å². The highest BCUT2D eigenvalue weighted by Crippen LogP contribution is 2.36. The second kappa shape index (κ2) is 8.29. The van der Waals surface area contributed by atoms with Gasteiger partial charge in [0.15, 0.2) is 5.88 Å². The molecular formula is C22H16F3N3O4S. The van der Waals surface area contributed by atoms with Gasteiger partial charge < -0.3 is 19.7 Å². The third-order valence-electron chi connectivity index (χ3n) is 4.93. The summed E-state index contributed by atoms with van der Waals surface area (Å²) >= 11 is -0.249. The van der Waals surface area contributed by atoms with Crippen molar-refractivity contribution in [2.24, 2.45) is 0 Å². The van der Waals surface area contributed by atoms with Gasteiger partial charge in [0, 0.05) is 27.4 Å². The summed E-state index contributed by atoms with van der Waals surface area (Å²) in [5.74, 6) is 5.13. The predicted octanol–water partition coefficient (Wildman–Crippen LogP) is 3.60. The Bertz CT molecular complexity index is 1310. The molecule has 2 heterocycles. The highest BCUT2D eigenvalue weighted by atomic mass is 32.2. The second-order valence-electron chi connectivity index (χ2n) is 7.17. The Morgan fingerprint density at radius 1 is 1.18 bits per heavy atom. The number of thioether (sulfide) groups is 1. The lowest BCUT2D eigenvalue weighted by Gasteiger charge is -2.20. The van der Waals surface area contributed by atoms with Crippen molar-refractivity contribution < 1.29 is 32.6 Å². The fourth-order valence-corrected chi connectivity index (χ4v) is 3.92. The lowest BCUT2D eigenvalue weighted by atomic mass is 10.00. The summed E-state index contributed by atoms with van der Waals surface area (Å²) in [6, 6.07) is 9.63. The molecule has 0 radical (unpaired) electrons. The van der Waals surface area contributed by atoms with Crippen LogP contribution in [0.15, 0.2) is 53.6 Å². The maximum absolute atomic E-state index is 12.6. The summed E-state index contributed by atoms with van der Waals surface area (Å²) in [5, 5.41) is 16.5. The van der Waals surface area contributed by atoms with Gasteiger partial charge in [-0.2, -0.15) is 13.2 Å². The number of carbonyl (C=O) groups is 2. The molecule has 3 amide bonds. The number of rotatable bonds is 4. The van der Waals surface area contributed by atoms with Crippen molar-refractivity contribution in [3.05, 3.63) is 54.2 Å². The first-order valence-corrected chi connectivity index (χ1v) is 10.3. The van der Waals surface area contributed by atoms with Crippen molar-refractivity contribution >= 4 is 34.5 Å². The summed E-state index contributed by atoms with van der Waals surface area (Å²) in [6.07, 6.45) is 1.61. The van der Waals surface area contributed by atoms with Gasteiger partial charge in [-0.3, -0.25) is 10.1 Å². The number of alkyl halides is 3. The van der Waals surface area contributed by atoms with Gasteiger partial charge in [-0.25, -0.2) is 4.79 Å². The van der Waals surface area contributed by atoms with Crippen LogP contribution in [-0.4, -0.2) is 39.8 Å². The first-order valence-electron chi connectivity index (χ1n) is 9.47. The zero-order valence-electron chi connectivity index (χ0n) is 17.0. The Balaban J connectivity index is 1.67. The Kier molecular flexibility index (Phi) is 5.63. The van der Waals surface area contributed by atoms with Crippen LogP contribution in [0.4, 0.5) is 18.0 Å². The second-order valence-corrected chi connectivity index (χ2v) is 8.31. The van der Waals surface area contributed by atoms with Crippen LogP contribution in [-0.2, 0) is 11.3 Å². The van der Waals surface area contributed by atoms with E-state index in [0.717, 1.165) is 0 Å². The summed E-state index contributed by atoms with van der Waals surface area (Å²) in [6.45, 7) is -0.206. The molecule has 11 heteroatoms. The average molecular weight is 475 g/mol. The maximum Gasteiger partial charge on any atom is 0.446 e. The minimum absolute atomic E-state index is 0.00550. The Labute approximate surface area is 189 Å².